The van der Waals surface area contributed by atoms with E-state index < -0.39 is 0 Å². The number of aromatic amines is 1. The van der Waals surface area contributed by atoms with Gasteiger partial charge < -0.3 is 9.88 Å². The van der Waals surface area contributed by atoms with Crippen LogP contribution in [0.1, 0.15) is 22.6 Å². The summed E-state index contributed by atoms with van der Waals surface area (Å²) < 4.78 is 0. The van der Waals surface area contributed by atoms with Crippen molar-refractivity contribution in [1.29, 1.82) is 0 Å². The Kier molecular flexibility index (Phi) is 3.93. The first-order chi connectivity index (χ1) is 14.7. The summed E-state index contributed by atoms with van der Waals surface area (Å²) >= 11 is 0. The third kappa shape index (κ3) is 2.88. The molecule has 0 fully saturated rings. The molecule has 4 nitrogen and oxygen atoms in total. The van der Waals surface area contributed by atoms with E-state index in [1.54, 1.807) is 6.33 Å². The van der Waals surface area contributed by atoms with Crippen molar-refractivity contribution in [1.82, 2.24) is 19.9 Å². The van der Waals surface area contributed by atoms with Crippen LogP contribution in [0.3, 0.4) is 0 Å². The molecule has 0 bridgehead atoms. The minimum Gasteiger partial charge on any atom is -0.361 e. The molecule has 0 radical (unpaired) electrons. The van der Waals surface area contributed by atoms with Crippen molar-refractivity contribution in [3.05, 3.63) is 96.1 Å². The smallest absolute Gasteiger partial charge is 0.116 e. The van der Waals surface area contributed by atoms with Gasteiger partial charge in [-0.05, 0) is 64.5 Å². The molecule has 3 heterocycles. The van der Waals surface area contributed by atoms with Gasteiger partial charge in [-0.2, -0.15) is 0 Å². The number of fused-ring (bicyclic) bond motifs is 3. The molecule has 2 aromatic heterocycles. The fraction of sp³-hybridized carbons (Fsp3) is 0.154. The zero-order valence-corrected chi connectivity index (χ0v) is 16.8. The Morgan fingerprint density at radius 1 is 0.933 bits per heavy atom. The molecule has 1 aliphatic rings. The third-order valence-corrected chi connectivity index (χ3v) is 6.28. The van der Waals surface area contributed by atoms with Gasteiger partial charge in [0.1, 0.15) is 6.33 Å². The van der Waals surface area contributed by atoms with E-state index in [4.69, 9.17) is 0 Å². The maximum absolute atomic E-state index is 4.42. The molecule has 1 N–H and O–H groups in total. The Balaban J connectivity index is 1.43. The predicted octanol–water partition coefficient (Wildman–Crippen LogP) is 5.36. The zero-order chi connectivity index (χ0) is 20.1. The first-order valence-corrected chi connectivity index (χ1v) is 10.3. The van der Waals surface area contributed by atoms with Crippen LogP contribution in [0.4, 0.5) is 0 Å². The quantitative estimate of drug-likeness (QED) is 0.442. The Morgan fingerprint density at radius 2 is 1.80 bits per heavy atom. The SMILES string of the molecule is CN1Cc2cc(-c3ccc4cncnc4c3)ccc2C(c2ccc3cc[nH]c3c2)C1. The highest BCUT2D eigenvalue weighted by molar-refractivity contribution is 5.84. The molecule has 0 spiro atoms. The van der Waals surface area contributed by atoms with Crippen molar-refractivity contribution in [2.45, 2.75) is 12.5 Å². The first kappa shape index (κ1) is 17.4. The molecule has 0 amide bonds. The summed E-state index contributed by atoms with van der Waals surface area (Å²) in [5.41, 5.74) is 8.83. The second kappa shape index (κ2) is 6.78. The van der Waals surface area contributed by atoms with E-state index in [2.05, 4.69) is 87.6 Å². The molecule has 0 aliphatic carbocycles. The topological polar surface area (TPSA) is 44.8 Å². The second-order valence-electron chi connectivity index (χ2n) is 8.28. The monoisotopic (exact) mass is 390 g/mol. The number of rotatable bonds is 2. The van der Waals surface area contributed by atoms with Crippen molar-refractivity contribution in [3.63, 3.8) is 0 Å². The van der Waals surface area contributed by atoms with Crippen LogP contribution in [0.15, 0.2) is 79.4 Å². The van der Waals surface area contributed by atoms with Crippen molar-refractivity contribution in [2.24, 2.45) is 0 Å². The van der Waals surface area contributed by atoms with E-state index >= 15 is 0 Å². The molecule has 146 valence electrons. The van der Waals surface area contributed by atoms with Crippen LogP contribution in [-0.2, 0) is 6.54 Å². The lowest BCUT2D eigenvalue weighted by Crippen LogP contribution is -2.31. The summed E-state index contributed by atoms with van der Waals surface area (Å²) in [4.78, 5) is 14.3. The molecule has 0 saturated heterocycles. The fourth-order valence-electron chi connectivity index (χ4n) is 4.75. The Bertz CT molecular complexity index is 1380. The molecule has 1 atom stereocenters. The summed E-state index contributed by atoms with van der Waals surface area (Å²) in [6, 6.07) is 22.3. The number of aromatic nitrogens is 3. The van der Waals surface area contributed by atoms with Crippen LogP contribution in [0, 0.1) is 0 Å². The second-order valence-corrected chi connectivity index (χ2v) is 8.28. The molecule has 3 aromatic carbocycles. The van der Waals surface area contributed by atoms with E-state index in [0.717, 1.165) is 24.0 Å². The standard InChI is InChI=1S/C26H22N4/c1-30-14-22-10-18(19-3-5-21-13-27-16-29-26(21)11-19)6-7-23(22)24(15-30)20-4-2-17-8-9-28-25(17)12-20/h2-13,16,24,28H,14-15H2,1H3. The van der Waals surface area contributed by atoms with Gasteiger partial charge in [0.05, 0.1) is 5.52 Å². The Hall–Kier alpha value is -3.50. The van der Waals surface area contributed by atoms with Crippen LogP contribution < -0.4 is 0 Å². The van der Waals surface area contributed by atoms with E-state index in [1.807, 2.05) is 12.4 Å². The van der Waals surface area contributed by atoms with Crippen LogP contribution in [0.5, 0.6) is 0 Å². The number of benzene rings is 3. The number of nitrogens with zero attached hydrogens (tertiary/aromatic N) is 3. The minimum atomic E-state index is 0.379. The number of hydrogen-bond donors (Lipinski definition) is 1. The number of nitrogens with one attached hydrogen (secondary N) is 1. The molecule has 1 unspecified atom stereocenters. The van der Waals surface area contributed by atoms with Gasteiger partial charge in [0.15, 0.2) is 0 Å². The van der Waals surface area contributed by atoms with Gasteiger partial charge in [-0.25, -0.2) is 9.97 Å². The summed E-state index contributed by atoms with van der Waals surface area (Å²) in [7, 11) is 2.21. The maximum Gasteiger partial charge on any atom is 0.116 e. The molecule has 1 aliphatic heterocycles. The Morgan fingerprint density at radius 3 is 2.77 bits per heavy atom. The molecule has 5 aromatic rings. The van der Waals surface area contributed by atoms with E-state index in [-0.39, 0.29) is 0 Å². The molecule has 0 saturated carbocycles. The van der Waals surface area contributed by atoms with Crippen molar-refractivity contribution in [2.75, 3.05) is 13.6 Å². The normalized spacial score (nSPS) is 16.8. The van der Waals surface area contributed by atoms with Crippen LogP contribution in [0.25, 0.3) is 32.9 Å². The van der Waals surface area contributed by atoms with Gasteiger partial charge in [0.2, 0.25) is 0 Å². The lowest BCUT2D eigenvalue weighted by atomic mass is 9.83. The molecule has 6 rings (SSSR count). The minimum absolute atomic E-state index is 0.379. The predicted molar refractivity (Wildman–Crippen MR) is 121 cm³/mol. The highest BCUT2D eigenvalue weighted by Gasteiger charge is 2.25. The zero-order valence-electron chi connectivity index (χ0n) is 16.8. The van der Waals surface area contributed by atoms with Gasteiger partial charge in [-0.1, -0.05) is 36.4 Å². The van der Waals surface area contributed by atoms with Gasteiger partial charge in [-0.3, -0.25) is 0 Å². The van der Waals surface area contributed by atoms with Gasteiger partial charge >= 0.3 is 0 Å². The summed E-state index contributed by atoms with van der Waals surface area (Å²) in [5, 5.41) is 2.33. The average molecular weight is 390 g/mol. The largest absolute Gasteiger partial charge is 0.361 e. The van der Waals surface area contributed by atoms with E-state index in [0.29, 0.717) is 5.92 Å². The highest BCUT2D eigenvalue weighted by atomic mass is 15.1. The van der Waals surface area contributed by atoms with Crippen molar-refractivity contribution < 1.29 is 0 Å². The number of hydrogen-bond acceptors (Lipinski definition) is 3. The molecule has 4 heteroatoms. The number of H-pyrrole nitrogens is 1. The van der Waals surface area contributed by atoms with Crippen LogP contribution in [-0.4, -0.2) is 33.4 Å². The van der Waals surface area contributed by atoms with Crippen LogP contribution in [0.2, 0.25) is 0 Å². The fourth-order valence-corrected chi connectivity index (χ4v) is 4.75. The van der Waals surface area contributed by atoms with Gasteiger partial charge in [-0.15, -0.1) is 0 Å². The van der Waals surface area contributed by atoms with Crippen molar-refractivity contribution in [3.8, 4) is 11.1 Å². The van der Waals surface area contributed by atoms with Crippen LogP contribution >= 0.6 is 0 Å². The van der Waals surface area contributed by atoms with Crippen molar-refractivity contribution >= 4 is 21.8 Å². The Labute approximate surface area is 175 Å². The van der Waals surface area contributed by atoms with E-state index in [9.17, 15) is 0 Å². The third-order valence-electron chi connectivity index (χ3n) is 6.28. The summed E-state index contributed by atoms with van der Waals surface area (Å²) in [6.07, 6.45) is 5.48. The molecule has 30 heavy (non-hydrogen) atoms. The lowest BCUT2D eigenvalue weighted by Gasteiger charge is -2.33. The van der Waals surface area contributed by atoms with Gasteiger partial charge in [0.25, 0.3) is 0 Å². The number of likely N-dealkylation sites (N-methyl/N-ethyl adjacent to an activating group) is 1. The summed E-state index contributed by atoms with van der Waals surface area (Å²) in [5.74, 6) is 0.379. The highest BCUT2D eigenvalue weighted by Crippen LogP contribution is 2.36. The van der Waals surface area contributed by atoms with Gasteiger partial charge in [0, 0.05) is 42.3 Å². The lowest BCUT2D eigenvalue weighted by molar-refractivity contribution is 0.295. The molecular formula is C26H22N4. The molecular weight excluding hydrogens is 368 g/mol. The first-order valence-electron chi connectivity index (χ1n) is 10.3. The summed E-state index contributed by atoms with van der Waals surface area (Å²) in [6.45, 7) is 2.01. The maximum atomic E-state index is 4.42. The van der Waals surface area contributed by atoms with E-state index in [1.165, 1.54) is 38.7 Å². The average Bonchev–Trinajstić information content (AvgIpc) is 3.25.